The molecule has 2 aromatic carbocycles. The lowest BCUT2D eigenvalue weighted by molar-refractivity contribution is 0.534. The molecule has 1 aromatic heterocycles. The highest BCUT2D eigenvalue weighted by Crippen LogP contribution is 2.31. The van der Waals surface area contributed by atoms with E-state index in [-0.39, 0.29) is 11.9 Å². The summed E-state index contributed by atoms with van der Waals surface area (Å²) in [5, 5.41) is 4.74. The van der Waals surface area contributed by atoms with Crippen molar-refractivity contribution in [3.8, 4) is 0 Å². The Morgan fingerprint density at radius 1 is 1.10 bits per heavy atom. The molecule has 0 aliphatic carbocycles. The van der Waals surface area contributed by atoms with Crippen LogP contribution in [0.3, 0.4) is 0 Å². The molecule has 21 heavy (non-hydrogen) atoms. The Morgan fingerprint density at radius 2 is 1.86 bits per heavy atom. The normalized spacial score (nSPS) is 12.7. The quantitative estimate of drug-likeness (QED) is 0.704. The number of thiophene rings is 1. The van der Waals surface area contributed by atoms with Crippen LogP contribution in [0.5, 0.6) is 0 Å². The van der Waals surface area contributed by atoms with Crippen molar-refractivity contribution in [3.63, 3.8) is 0 Å². The van der Waals surface area contributed by atoms with Gasteiger partial charge in [0.15, 0.2) is 0 Å². The first-order valence-electron chi connectivity index (χ1n) is 7.23. The third-order valence-corrected chi connectivity index (χ3v) is 4.85. The SMILES string of the molecule is CCNC(Cc1ccccc1F)c1cc2ccccc2s1. The van der Waals surface area contributed by atoms with Gasteiger partial charge in [-0.2, -0.15) is 0 Å². The van der Waals surface area contributed by atoms with Crippen molar-refractivity contribution in [1.29, 1.82) is 0 Å². The number of likely N-dealkylation sites (N-methyl/N-ethyl adjacent to an activating group) is 1. The van der Waals surface area contributed by atoms with Gasteiger partial charge in [0.2, 0.25) is 0 Å². The van der Waals surface area contributed by atoms with Crippen LogP contribution >= 0.6 is 11.3 Å². The van der Waals surface area contributed by atoms with Gasteiger partial charge in [-0.05, 0) is 42.1 Å². The summed E-state index contributed by atoms with van der Waals surface area (Å²) in [5.41, 5.74) is 0.765. The third-order valence-electron chi connectivity index (χ3n) is 3.62. The third kappa shape index (κ3) is 3.14. The van der Waals surface area contributed by atoms with Crippen LogP contribution in [0.2, 0.25) is 0 Å². The first-order valence-corrected chi connectivity index (χ1v) is 8.05. The molecule has 0 saturated carbocycles. The number of rotatable bonds is 5. The van der Waals surface area contributed by atoms with Crippen LogP contribution in [-0.2, 0) is 6.42 Å². The van der Waals surface area contributed by atoms with Gasteiger partial charge in [-0.1, -0.05) is 43.3 Å². The van der Waals surface area contributed by atoms with E-state index in [1.54, 1.807) is 17.4 Å². The maximum Gasteiger partial charge on any atom is 0.126 e. The minimum Gasteiger partial charge on any atom is -0.309 e. The molecule has 1 atom stereocenters. The van der Waals surface area contributed by atoms with Crippen LogP contribution in [0, 0.1) is 5.82 Å². The van der Waals surface area contributed by atoms with E-state index < -0.39 is 0 Å². The maximum absolute atomic E-state index is 13.9. The fourth-order valence-electron chi connectivity index (χ4n) is 2.58. The molecule has 0 radical (unpaired) electrons. The van der Waals surface area contributed by atoms with Crippen molar-refractivity contribution in [2.45, 2.75) is 19.4 Å². The van der Waals surface area contributed by atoms with Crippen LogP contribution in [-0.4, -0.2) is 6.54 Å². The Morgan fingerprint density at radius 3 is 2.62 bits per heavy atom. The van der Waals surface area contributed by atoms with Gasteiger partial charge in [0.25, 0.3) is 0 Å². The average Bonchev–Trinajstić information content (AvgIpc) is 2.93. The predicted molar refractivity (Wildman–Crippen MR) is 88.3 cm³/mol. The van der Waals surface area contributed by atoms with Gasteiger partial charge in [-0.3, -0.25) is 0 Å². The second kappa shape index (κ2) is 6.37. The minimum absolute atomic E-state index is 0.124. The van der Waals surface area contributed by atoms with Gasteiger partial charge >= 0.3 is 0 Å². The van der Waals surface area contributed by atoms with E-state index in [1.165, 1.54) is 21.0 Å². The number of halogens is 1. The van der Waals surface area contributed by atoms with Crippen LogP contribution in [0.1, 0.15) is 23.4 Å². The summed E-state index contributed by atoms with van der Waals surface area (Å²) in [6.07, 6.45) is 0.674. The summed E-state index contributed by atoms with van der Waals surface area (Å²) in [4.78, 5) is 1.27. The zero-order valence-corrected chi connectivity index (χ0v) is 12.8. The molecule has 3 rings (SSSR count). The average molecular weight is 299 g/mol. The summed E-state index contributed by atoms with van der Waals surface area (Å²) in [6.45, 7) is 2.95. The van der Waals surface area contributed by atoms with Crippen molar-refractivity contribution in [2.24, 2.45) is 0 Å². The fraction of sp³-hybridized carbons (Fsp3) is 0.222. The van der Waals surface area contributed by atoms with Gasteiger partial charge < -0.3 is 5.32 Å². The van der Waals surface area contributed by atoms with Gasteiger partial charge in [-0.25, -0.2) is 4.39 Å². The molecule has 0 amide bonds. The Kier molecular flexibility index (Phi) is 4.32. The van der Waals surface area contributed by atoms with Crippen molar-refractivity contribution in [3.05, 3.63) is 70.9 Å². The van der Waals surface area contributed by atoms with E-state index in [9.17, 15) is 4.39 Å². The molecule has 1 heterocycles. The second-order valence-corrected chi connectivity index (χ2v) is 6.21. The molecule has 0 aliphatic rings. The molecule has 0 aliphatic heterocycles. The molecule has 3 aromatic rings. The highest BCUT2D eigenvalue weighted by atomic mass is 32.1. The molecular weight excluding hydrogens is 281 g/mol. The lowest BCUT2D eigenvalue weighted by Gasteiger charge is -2.16. The van der Waals surface area contributed by atoms with Crippen molar-refractivity contribution in [1.82, 2.24) is 5.32 Å². The fourth-order valence-corrected chi connectivity index (χ4v) is 3.72. The van der Waals surface area contributed by atoms with Crippen LogP contribution < -0.4 is 5.32 Å². The predicted octanol–water partition coefficient (Wildman–Crippen LogP) is 4.93. The molecule has 108 valence electrons. The van der Waals surface area contributed by atoms with Gasteiger partial charge in [0.1, 0.15) is 5.82 Å². The molecule has 1 N–H and O–H groups in total. The molecule has 1 nitrogen and oxygen atoms in total. The first-order chi connectivity index (χ1) is 10.3. The molecule has 0 saturated heterocycles. The monoisotopic (exact) mass is 299 g/mol. The number of benzene rings is 2. The van der Waals surface area contributed by atoms with Crippen LogP contribution in [0.25, 0.3) is 10.1 Å². The highest BCUT2D eigenvalue weighted by Gasteiger charge is 2.16. The summed E-state index contributed by atoms with van der Waals surface area (Å²) < 4.78 is 15.2. The van der Waals surface area contributed by atoms with Gasteiger partial charge in [-0.15, -0.1) is 11.3 Å². The molecular formula is C18H18FNS. The summed E-state index contributed by atoms with van der Waals surface area (Å²) in [7, 11) is 0. The Balaban J connectivity index is 1.92. The first kappa shape index (κ1) is 14.2. The molecule has 3 heteroatoms. The lowest BCUT2D eigenvalue weighted by atomic mass is 10.0. The zero-order valence-electron chi connectivity index (χ0n) is 12.0. The van der Waals surface area contributed by atoms with E-state index in [0.717, 1.165) is 12.1 Å². The van der Waals surface area contributed by atoms with E-state index in [4.69, 9.17) is 0 Å². The Hall–Kier alpha value is -1.71. The molecule has 0 bridgehead atoms. The van der Waals surface area contributed by atoms with Crippen molar-refractivity contribution >= 4 is 21.4 Å². The van der Waals surface area contributed by atoms with Gasteiger partial charge in [0, 0.05) is 15.6 Å². The lowest BCUT2D eigenvalue weighted by Crippen LogP contribution is -2.22. The highest BCUT2D eigenvalue weighted by molar-refractivity contribution is 7.19. The number of hydrogen-bond donors (Lipinski definition) is 1. The largest absolute Gasteiger partial charge is 0.309 e. The smallest absolute Gasteiger partial charge is 0.126 e. The van der Waals surface area contributed by atoms with Crippen LogP contribution in [0.4, 0.5) is 4.39 Å². The molecule has 0 fully saturated rings. The second-order valence-electron chi connectivity index (χ2n) is 5.09. The summed E-state index contributed by atoms with van der Waals surface area (Å²) in [5.74, 6) is -0.124. The van der Waals surface area contributed by atoms with E-state index in [0.29, 0.717) is 6.42 Å². The standard InChI is InChI=1S/C18H18FNS/c1-2-20-16(11-13-7-3-5-9-15(13)19)18-12-14-8-4-6-10-17(14)21-18/h3-10,12,16,20H,2,11H2,1H3. The van der Waals surface area contributed by atoms with E-state index >= 15 is 0 Å². The number of hydrogen-bond acceptors (Lipinski definition) is 2. The van der Waals surface area contributed by atoms with E-state index in [1.807, 2.05) is 12.1 Å². The van der Waals surface area contributed by atoms with E-state index in [2.05, 4.69) is 42.6 Å². The Labute approximate surface area is 128 Å². The molecule has 0 spiro atoms. The summed E-state index contributed by atoms with van der Waals surface area (Å²) >= 11 is 1.79. The minimum atomic E-state index is -0.124. The van der Waals surface area contributed by atoms with Crippen molar-refractivity contribution in [2.75, 3.05) is 6.54 Å². The zero-order chi connectivity index (χ0) is 14.7. The maximum atomic E-state index is 13.9. The van der Waals surface area contributed by atoms with Crippen molar-refractivity contribution < 1.29 is 4.39 Å². The Bertz CT molecular complexity index is 702. The topological polar surface area (TPSA) is 12.0 Å². The van der Waals surface area contributed by atoms with Gasteiger partial charge in [0.05, 0.1) is 0 Å². The van der Waals surface area contributed by atoms with Crippen LogP contribution in [0.15, 0.2) is 54.6 Å². The number of fused-ring (bicyclic) bond motifs is 1. The number of nitrogens with one attached hydrogen (secondary N) is 1. The molecule has 1 unspecified atom stereocenters. The summed E-state index contributed by atoms with van der Waals surface area (Å²) in [6, 6.07) is 17.8.